The second-order valence-electron chi connectivity index (χ2n) is 7.54. The van der Waals surface area contributed by atoms with E-state index in [-0.39, 0.29) is 40.6 Å². The van der Waals surface area contributed by atoms with Crippen molar-refractivity contribution in [2.24, 2.45) is 0 Å². The van der Waals surface area contributed by atoms with Crippen molar-refractivity contribution < 1.29 is 13.9 Å². The summed E-state index contributed by atoms with van der Waals surface area (Å²) in [5.41, 5.74) is 1.16. The van der Waals surface area contributed by atoms with Crippen LogP contribution in [0.4, 0.5) is 20.4 Å². The quantitative estimate of drug-likeness (QED) is 0.210. The molecule has 1 atom stereocenters. The molecule has 8 nitrogen and oxygen atoms in total. The van der Waals surface area contributed by atoms with E-state index in [0.29, 0.717) is 17.9 Å². The molecule has 0 bridgehead atoms. The molecule has 0 radical (unpaired) electrons. The molecule has 11 heteroatoms. The van der Waals surface area contributed by atoms with E-state index in [1.165, 1.54) is 12.1 Å². The average Bonchev–Trinajstić information content (AvgIpc) is 2.84. The standard InChI is InChI=1S/C23H22F2N6O2S/c1-13(11-32)27-19-18-20(29-22(33)21(28-18)26-10-14-6-3-2-4-7-14)31-23(30-19)34-12-15-8-5-9-16(24)17(15)25/h2-9,13,32H,10-12H2,1H3,(H,26,28)(H2,27,29,30,31,33)/t13-/m1/s1. The van der Waals surface area contributed by atoms with Crippen molar-refractivity contribution in [3.8, 4) is 0 Å². The number of aliphatic hydroxyl groups is 1. The van der Waals surface area contributed by atoms with E-state index in [2.05, 4.69) is 30.6 Å². The minimum absolute atomic E-state index is 0.0818. The number of hydrogen-bond donors (Lipinski definition) is 4. The van der Waals surface area contributed by atoms with Gasteiger partial charge in [0.1, 0.15) is 0 Å². The van der Waals surface area contributed by atoms with Gasteiger partial charge in [-0.15, -0.1) is 0 Å². The predicted molar refractivity (Wildman–Crippen MR) is 128 cm³/mol. The van der Waals surface area contributed by atoms with E-state index in [1.807, 2.05) is 30.3 Å². The molecule has 4 rings (SSSR count). The van der Waals surface area contributed by atoms with E-state index in [0.717, 1.165) is 23.4 Å². The Morgan fingerprint density at radius 3 is 2.62 bits per heavy atom. The highest BCUT2D eigenvalue weighted by molar-refractivity contribution is 7.98. The molecule has 0 aliphatic carbocycles. The van der Waals surface area contributed by atoms with Crippen molar-refractivity contribution in [1.82, 2.24) is 19.9 Å². The summed E-state index contributed by atoms with van der Waals surface area (Å²) in [6.45, 7) is 1.99. The van der Waals surface area contributed by atoms with Crippen molar-refractivity contribution in [1.29, 1.82) is 0 Å². The molecule has 0 aliphatic heterocycles. The van der Waals surface area contributed by atoms with Crippen LogP contribution in [0.2, 0.25) is 0 Å². The molecular weight excluding hydrogens is 462 g/mol. The first-order chi connectivity index (χ1) is 16.4. The van der Waals surface area contributed by atoms with E-state index >= 15 is 0 Å². The van der Waals surface area contributed by atoms with Crippen molar-refractivity contribution in [2.45, 2.75) is 30.4 Å². The molecule has 34 heavy (non-hydrogen) atoms. The fraction of sp³-hybridized carbons (Fsp3) is 0.217. The number of nitrogens with one attached hydrogen (secondary N) is 3. The summed E-state index contributed by atoms with van der Waals surface area (Å²) in [6.07, 6.45) is 0. The van der Waals surface area contributed by atoms with Gasteiger partial charge >= 0.3 is 0 Å². The Balaban J connectivity index is 1.65. The Hall–Kier alpha value is -3.57. The molecule has 0 amide bonds. The van der Waals surface area contributed by atoms with Crippen LogP contribution in [0.15, 0.2) is 58.5 Å². The molecule has 176 valence electrons. The van der Waals surface area contributed by atoms with Crippen LogP contribution in [0.1, 0.15) is 18.1 Å². The maximum Gasteiger partial charge on any atom is 0.292 e. The molecule has 2 aromatic heterocycles. The molecular formula is C23H22F2N6O2S. The second-order valence-corrected chi connectivity index (χ2v) is 8.48. The van der Waals surface area contributed by atoms with E-state index in [9.17, 15) is 18.7 Å². The molecule has 4 N–H and O–H groups in total. The van der Waals surface area contributed by atoms with Crippen LogP contribution in [-0.2, 0) is 12.3 Å². The molecule has 0 spiro atoms. The van der Waals surface area contributed by atoms with Gasteiger partial charge in [-0.1, -0.05) is 54.2 Å². The van der Waals surface area contributed by atoms with Crippen LogP contribution in [0.25, 0.3) is 11.2 Å². The molecule has 0 unspecified atom stereocenters. The third-order valence-corrected chi connectivity index (χ3v) is 5.78. The minimum atomic E-state index is -0.930. The Labute approximate surface area is 197 Å². The lowest BCUT2D eigenvalue weighted by Crippen LogP contribution is -2.22. The number of halogens is 2. The first kappa shape index (κ1) is 23.6. The van der Waals surface area contributed by atoms with Gasteiger partial charge < -0.3 is 20.7 Å². The Kier molecular flexibility index (Phi) is 7.33. The number of aromatic amines is 1. The minimum Gasteiger partial charge on any atom is -0.394 e. The third kappa shape index (κ3) is 5.49. The number of fused-ring (bicyclic) bond motifs is 1. The summed E-state index contributed by atoms with van der Waals surface area (Å²) in [5.74, 6) is -1.37. The number of aliphatic hydroxyl groups excluding tert-OH is 1. The number of aromatic nitrogens is 4. The molecule has 0 fully saturated rings. The number of rotatable bonds is 9. The molecule has 2 heterocycles. The normalized spacial score (nSPS) is 12.0. The second kappa shape index (κ2) is 10.6. The van der Waals surface area contributed by atoms with Crippen molar-refractivity contribution in [3.63, 3.8) is 0 Å². The zero-order valence-corrected chi connectivity index (χ0v) is 19.0. The Bertz CT molecular complexity index is 1350. The van der Waals surface area contributed by atoms with Crippen molar-refractivity contribution in [3.05, 3.63) is 81.6 Å². The number of hydrogen-bond acceptors (Lipinski definition) is 8. The number of nitrogens with zero attached hydrogens (tertiary/aromatic N) is 3. The Morgan fingerprint density at radius 2 is 1.85 bits per heavy atom. The summed E-state index contributed by atoms with van der Waals surface area (Å²) in [6, 6.07) is 13.1. The zero-order chi connectivity index (χ0) is 24.1. The van der Waals surface area contributed by atoms with E-state index in [4.69, 9.17) is 0 Å². The zero-order valence-electron chi connectivity index (χ0n) is 18.2. The summed E-state index contributed by atoms with van der Waals surface area (Å²) >= 11 is 1.08. The Morgan fingerprint density at radius 1 is 1.06 bits per heavy atom. The van der Waals surface area contributed by atoms with Crippen LogP contribution in [0.3, 0.4) is 0 Å². The first-order valence-electron chi connectivity index (χ1n) is 10.5. The molecule has 2 aromatic carbocycles. The van der Waals surface area contributed by atoms with Gasteiger partial charge in [-0.25, -0.2) is 23.7 Å². The van der Waals surface area contributed by atoms with Gasteiger partial charge in [0.25, 0.3) is 5.56 Å². The van der Waals surface area contributed by atoms with Crippen LogP contribution < -0.4 is 16.2 Å². The highest BCUT2D eigenvalue weighted by Gasteiger charge is 2.16. The highest BCUT2D eigenvalue weighted by Crippen LogP contribution is 2.26. The number of anilines is 2. The van der Waals surface area contributed by atoms with Crippen LogP contribution >= 0.6 is 11.8 Å². The van der Waals surface area contributed by atoms with Gasteiger partial charge in [0.2, 0.25) is 0 Å². The number of benzene rings is 2. The van der Waals surface area contributed by atoms with Crippen LogP contribution in [-0.4, -0.2) is 37.7 Å². The van der Waals surface area contributed by atoms with Gasteiger partial charge in [0.15, 0.2) is 39.6 Å². The van der Waals surface area contributed by atoms with Crippen LogP contribution in [0, 0.1) is 11.6 Å². The monoisotopic (exact) mass is 484 g/mol. The van der Waals surface area contributed by atoms with Gasteiger partial charge in [-0.05, 0) is 18.6 Å². The summed E-state index contributed by atoms with van der Waals surface area (Å²) in [4.78, 5) is 28.5. The number of thioether (sulfide) groups is 1. The van der Waals surface area contributed by atoms with Crippen molar-refractivity contribution >= 4 is 34.6 Å². The highest BCUT2D eigenvalue weighted by atomic mass is 32.2. The lowest BCUT2D eigenvalue weighted by molar-refractivity contribution is 0.281. The summed E-state index contributed by atoms with van der Waals surface area (Å²) < 4.78 is 27.5. The lowest BCUT2D eigenvalue weighted by atomic mass is 10.2. The molecule has 0 aliphatic rings. The largest absolute Gasteiger partial charge is 0.394 e. The smallest absolute Gasteiger partial charge is 0.292 e. The maximum absolute atomic E-state index is 14.0. The SMILES string of the molecule is C[C@H](CO)Nc1nc(SCc2cccc(F)c2F)nc2[nH]c(=O)c(NCc3ccccc3)nc12. The third-order valence-electron chi connectivity index (χ3n) is 4.88. The first-order valence-corrected chi connectivity index (χ1v) is 11.5. The number of H-pyrrole nitrogens is 1. The summed E-state index contributed by atoms with van der Waals surface area (Å²) in [5, 5.41) is 15.8. The average molecular weight is 485 g/mol. The fourth-order valence-corrected chi connectivity index (χ4v) is 3.92. The van der Waals surface area contributed by atoms with Gasteiger partial charge in [0.05, 0.1) is 6.61 Å². The summed E-state index contributed by atoms with van der Waals surface area (Å²) in [7, 11) is 0. The van der Waals surface area contributed by atoms with Gasteiger partial charge in [-0.3, -0.25) is 4.79 Å². The van der Waals surface area contributed by atoms with E-state index in [1.54, 1.807) is 6.92 Å². The molecule has 4 aromatic rings. The van der Waals surface area contributed by atoms with Crippen LogP contribution in [0.5, 0.6) is 0 Å². The van der Waals surface area contributed by atoms with Gasteiger partial charge in [0, 0.05) is 23.9 Å². The van der Waals surface area contributed by atoms with Gasteiger partial charge in [-0.2, -0.15) is 0 Å². The van der Waals surface area contributed by atoms with E-state index < -0.39 is 17.2 Å². The lowest BCUT2D eigenvalue weighted by Gasteiger charge is -2.15. The topological polar surface area (TPSA) is 116 Å². The molecule has 0 saturated carbocycles. The van der Waals surface area contributed by atoms with Crippen molar-refractivity contribution in [2.75, 3.05) is 17.2 Å². The maximum atomic E-state index is 14.0. The predicted octanol–water partition coefficient (Wildman–Crippen LogP) is 3.69. The molecule has 0 saturated heterocycles. The fourth-order valence-electron chi connectivity index (χ4n) is 3.10.